The van der Waals surface area contributed by atoms with Gasteiger partial charge in [-0.05, 0) is 30.5 Å². The van der Waals surface area contributed by atoms with Crippen LogP contribution in [0.3, 0.4) is 0 Å². The number of carbonyl (C=O) groups is 1. The van der Waals surface area contributed by atoms with Crippen LogP contribution in [0.4, 0.5) is 0 Å². The van der Waals surface area contributed by atoms with Gasteiger partial charge in [-0.2, -0.15) is 0 Å². The maximum absolute atomic E-state index is 11.4. The predicted molar refractivity (Wildman–Crippen MR) is 78.0 cm³/mol. The van der Waals surface area contributed by atoms with E-state index in [1.165, 1.54) is 16.7 Å². The topological polar surface area (TPSA) is 43.1 Å². The molecular formula is C17H19NO. The third kappa shape index (κ3) is 3.22. The summed E-state index contributed by atoms with van der Waals surface area (Å²) in [6.07, 6.45) is 0.341. The molecule has 98 valence electrons. The zero-order chi connectivity index (χ0) is 13.8. The van der Waals surface area contributed by atoms with Gasteiger partial charge in [0, 0.05) is 12.3 Å². The predicted octanol–water partition coefficient (Wildman–Crippen LogP) is 3.31. The highest BCUT2D eigenvalue weighted by atomic mass is 16.1. The number of hydrogen-bond donors (Lipinski definition) is 1. The molecule has 2 rings (SSSR count). The molecule has 0 fully saturated rings. The van der Waals surface area contributed by atoms with Gasteiger partial charge in [0.1, 0.15) is 0 Å². The molecule has 0 saturated carbocycles. The Labute approximate surface area is 114 Å². The molecule has 2 nitrogen and oxygen atoms in total. The summed E-state index contributed by atoms with van der Waals surface area (Å²) in [4.78, 5) is 11.4. The summed E-state index contributed by atoms with van der Waals surface area (Å²) in [5.41, 5.74) is 10.2. The van der Waals surface area contributed by atoms with Gasteiger partial charge in [0.2, 0.25) is 5.91 Å². The zero-order valence-corrected chi connectivity index (χ0v) is 11.4. The Morgan fingerprint density at radius 3 is 2.37 bits per heavy atom. The van der Waals surface area contributed by atoms with Gasteiger partial charge in [-0.25, -0.2) is 0 Å². The van der Waals surface area contributed by atoms with E-state index in [2.05, 4.69) is 32.0 Å². The number of primary amides is 1. The lowest BCUT2D eigenvalue weighted by molar-refractivity contribution is -0.118. The highest BCUT2D eigenvalue weighted by Gasteiger charge is 2.18. The highest BCUT2D eigenvalue weighted by molar-refractivity contribution is 5.75. The van der Waals surface area contributed by atoms with Crippen LogP contribution in [0.15, 0.2) is 48.5 Å². The number of hydrogen-bond acceptors (Lipinski definition) is 1. The van der Waals surface area contributed by atoms with Crippen LogP contribution in [-0.2, 0) is 4.79 Å². The Morgan fingerprint density at radius 2 is 1.79 bits per heavy atom. The lowest BCUT2D eigenvalue weighted by Crippen LogP contribution is -2.16. The summed E-state index contributed by atoms with van der Waals surface area (Å²) in [6, 6.07) is 16.4. The van der Waals surface area contributed by atoms with Crippen LogP contribution >= 0.6 is 0 Å². The van der Waals surface area contributed by atoms with Crippen molar-refractivity contribution in [1.82, 2.24) is 0 Å². The molecular weight excluding hydrogens is 234 g/mol. The molecule has 0 spiro atoms. The first-order chi connectivity index (χ1) is 9.08. The Morgan fingerprint density at radius 1 is 1.11 bits per heavy atom. The molecule has 19 heavy (non-hydrogen) atoms. The van der Waals surface area contributed by atoms with Gasteiger partial charge < -0.3 is 5.73 Å². The molecule has 1 atom stereocenters. The molecule has 1 unspecified atom stereocenters. The van der Waals surface area contributed by atoms with Crippen LogP contribution in [0.1, 0.15) is 34.6 Å². The van der Waals surface area contributed by atoms with Gasteiger partial charge >= 0.3 is 0 Å². The van der Waals surface area contributed by atoms with Crippen molar-refractivity contribution in [1.29, 1.82) is 0 Å². The largest absolute Gasteiger partial charge is 0.370 e. The van der Waals surface area contributed by atoms with Gasteiger partial charge in [0.05, 0.1) is 0 Å². The second-order valence-corrected chi connectivity index (χ2v) is 4.99. The average Bonchev–Trinajstić information content (AvgIpc) is 2.37. The van der Waals surface area contributed by atoms with Crippen molar-refractivity contribution in [2.45, 2.75) is 26.2 Å². The fourth-order valence-electron chi connectivity index (χ4n) is 2.51. The summed E-state index contributed by atoms with van der Waals surface area (Å²) < 4.78 is 0. The Balaban J connectivity index is 2.46. The monoisotopic (exact) mass is 253 g/mol. The summed E-state index contributed by atoms with van der Waals surface area (Å²) >= 11 is 0. The van der Waals surface area contributed by atoms with Crippen molar-refractivity contribution < 1.29 is 4.79 Å². The highest BCUT2D eigenvalue weighted by Crippen LogP contribution is 2.30. The average molecular weight is 253 g/mol. The summed E-state index contributed by atoms with van der Waals surface area (Å²) in [5.74, 6) is -0.229. The van der Waals surface area contributed by atoms with E-state index in [4.69, 9.17) is 5.73 Å². The first kappa shape index (κ1) is 13.3. The Hall–Kier alpha value is -2.09. The molecule has 0 aliphatic rings. The SMILES string of the molecule is Cc1ccc(C(CC(N)=O)c2ccccc2)c(C)c1. The van der Waals surface area contributed by atoms with Crippen LogP contribution in [0, 0.1) is 13.8 Å². The smallest absolute Gasteiger partial charge is 0.218 e. The van der Waals surface area contributed by atoms with Crippen molar-refractivity contribution in [3.63, 3.8) is 0 Å². The van der Waals surface area contributed by atoms with Crippen LogP contribution in [-0.4, -0.2) is 5.91 Å². The van der Waals surface area contributed by atoms with E-state index >= 15 is 0 Å². The van der Waals surface area contributed by atoms with Crippen molar-refractivity contribution in [2.75, 3.05) is 0 Å². The van der Waals surface area contributed by atoms with Gasteiger partial charge in [-0.3, -0.25) is 4.79 Å². The fraction of sp³-hybridized carbons (Fsp3) is 0.235. The third-order valence-electron chi connectivity index (χ3n) is 3.41. The molecule has 2 heteroatoms. The van der Waals surface area contributed by atoms with E-state index in [9.17, 15) is 4.79 Å². The fourth-order valence-corrected chi connectivity index (χ4v) is 2.51. The second-order valence-electron chi connectivity index (χ2n) is 4.99. The van der Waals surface area contributed by atoms with E-state index in [1.54, 1.807) is 0 Å². The standard InChI is InChI=1S/C17H19NO/c1-12-8-9-15(13(2)10-12)16(11-17(18)19)14-6-4-3-5-7-14/h3-10,16H,11H2,1-2H3,(H2,18,19). The quantitative estimate of drug-likeness (QED) is 0.892. The lowest BCUT2D eigenvalue weighted by atomic mass is 9.85. The molecule has 0 aliphatic carbocycles. The van der Waals surface area contributed by atoms with Crippen molar-refractivity contribution in [3.05, 3.63) is 70.8 Å². The Kier molecular flexibility index (Phi) is 4.00. The molecule has 0 heterocycles. The van der Waals surface area contributed by atoms with Crippen LogP contribution in [0.25, 0.3) is 0 Å². The zero-order valence-electron chi connectivity index (χ0n) is 11.4. The first-order valence-electron chi connectivity index (χ1n) is 6.48. The van der Waals surface area contributed by atoms with Crippen molar-refractivity contribution >= 4 is 5.91 Å². The molecule has 2 aromatic carbocycles. The number of aryl methyl sites for hydroxylation is 2. The van der Waals surface area contributed by atoms with Crippen LogP contribution in [0.5, 0.6) is 0 Å². The maximum atomic E-state index is 11.4. The summed E-state index contributed by atoms with van der Waals surface area (Å²) in [5, 5.41) is 0. The van der Waals surface area contributed by atoms with Gasteiger partial charge in [0.25, 0.3) is 0 Å². The number of amides is 1. The molecule has 2 aromatic rings. The van der Waals surface area contributed by atoms with Gasteiger partial charge in [-0.1, -0.05) is 54.1 Å². The molecule has 0 radical (unpaired) electrons. The lowest BCUT2D eigenvalue weighted by Gasteiger charge is -2.19. The molecule has 0 bridgehead atoms. The number of carbonyl (C=O) groups excluding carboxylic acids is 1. The Bertz CT molecular complexity index is 575. The number of rotatable bonds is 4. The van der Waals surface area contributed by atoms with Crippen molar-refractivity contribution in [2.24, 2.45) is 5.73 Å². The summed E-state index contributed by atoms with van der Waals surface area (Å²) in [6.45, 7) is 4.15. The molecule has 1 amide bonds. The minimum atomic E-state index is -0.270. The maximum Gasteiger partial charge on any atom is 0.218 e. The minimum absolute atomic E-state index is 0.0410. The second kappa shape index (κ2) is 5.70. The normalized spacial score (nSPS) is 12.1. The molecule has 0 saturated heterocycles. The summed E-state index contributed by atoms with van der Waals surface area (Å²) in [7, 11) is 0. The third-order valence-corrected chi connectivity index (χ3v) is 3.41. The van der Waals surface area contributed by atoms with Crippen LogP contribution in [0.2, 0.25) is 0 Å². The number of benzene rings is 2. The molecule has 0 aliphatic heterocycles. The molecule has 2 N–H and O–H groups in total. The van der Waals surface area contributed by atoms with Crippen LogP contribution < -0.4 is 5.73 Å². The van der Waals surface area contributed by atoms with E-state index in [1.807, 2.05) is 30.3 Å². The van der Waals surface area contributed by atoms with E-state index in [0.29, 0.717) is 6.42 Å². The molecule has 0 aromatic heterocycles. The first-order valence-corrected chi connectivity index (χ1v) is 6.48. The van der Waals surface area contributed by atoms with E-state index < -0.39 is 0 Å². The van der Waals surface area contributed by atoms with E-state index in [-0.39, 0.29) is 11.8 Å². The number of nitrogens with two attached hydrogens (primary N) is 1. The van der Waals surface area contributed by atoms with E-state index in [0.717, 1.165) is 5.56 Å². The van der Waals surface area contributed by atoms with Gasteiger partial charge in [0.15, 0.2) is 0 Å². The van der Waals surface area contributed by atoms with Gasteiger partial charge in [-0.15, -0.1) is 0 Å². The van der Waals surface area contributed by atoms with Crippen molar-refractivity contribution in [3.8, 4) is 0 Å². The minimum Gasteiger partial charge on any atom is -0.370 e.